The van der Waals surface area contributed by atoms with Gasteiger partial charge in [-0.15, -0.1) is 10.2 Å². The number of rotatable bonds is 10. The minimum atomic E-state index is -0.814. The fourth-order valence-electron chi connectivity index (χ4n) is 8.54. The van der Waals surface area contributed by atoms with Crippen LogP contribution in [0.1, 0.15) is 124 Å². The lowest BCUT2D eigenvalue weighted by Gasteiger charge is -2.31. The van der Waals surface area contributed by atoms with E-state index in [0.717, 1.165) is 33.4 Å². The number of anilines is 2. The van der Waals surface area contributed by atoms with E-state index in [2.05, 4.69) is 57.6 Å². The van der Waals surface area contributed by atoms with Gasteiger partial charge < -0.3 is 40.5 Å². The molecule has 0 saturated carbocycles. The summed E-state index contributed by atoms with van der Waals surface area (Å²) in [5.74, 6) is -0.381. The third kappa shape index (κ3) is 13.8. The highest BCUT2D eigenvalue weighted by Crippen LogP contribution is 2.33. The van der Waals surface area contributed by atoms with Crippen LogP contribution in [0, 0.1) is 22.7 Å². The smallest absolute Gasteiger partial charge is 0.410 e. The number of hydrogen-bond acceptors (Lipinski definition) is 19. The van der Waals surface area contributed by atoms with Crippen LogP contribution in [0.25, 0.3) is 45.6 Å². The number of aromatic nitrogens is 8. The Morgan fingerprint density at radius 1 is 0.617 bits per heavy atom. The minimum Gasteiger partial charge on any atom is -0.444 e. The van der Waals surface area contributed by atoms with Gasteiger partial charge in [0.25, 0.3) is 11.8 Å². The Balaban J connectivity index is 0.000000212. The molecule has 7 heterocycles. The van der Waals surface area contributed by atoms with Crippen LogP contribution in [0.2, 0.25) is 0 Å². The molecule has 2 aromatic carbocycles. The number of carbonyl (C=O) groups is 4. The molecule has 0 aliphatic carbocycles. The third-order valence-corrected chi connectivity index (χ3v) is 13.1. The maximum absolute atomic E-state index is 12.9. The second kappa shape index (κ2) is 22.9. The molecule has 2 aliphatic rings. The minimum absolute atomic E-state index is 0.0753. The number of nitriles is 2. The number of pyridine rings is 2. The summed E-state index contributed by atoms with van der Waals surface area (Å²) in [6.45, 7) is 19.8. The lowest BCUT2D eigenvalue weighted by Crippen LogP contribution is -2.40. The number of carbonyl (C=O) groups excluding carboxylic acids is 4. The first kappa shape index (κ1) is 57.5. The van der Waals surface area contributed by atoms with Crippen LogP contribution in [0.4, 0.5) is 21.2 Å². The molecule has 5 N–H and O–H groups in total. The van der Waals surface area contributed by atoms with Crippen molar-refractivity contribution < 1.29 is 33.1 Å². The quantitative estimate of drug-likeness (QED) is 0.108. The Hall–Kier alpha value is -9.70. The van der Waals surface area contributed by atoms with Crippen LogP contribution in [0.15, 0.2) is 89.9 Å². The predicted molar refractivity (Wildman–Crippen MR) is 299 cm³/mol. The molecule has 0 radical (unpaired) electrons. The first-order chi connectivity index (χ1) is 38.2. The maximum Gasteiger partial charge on any atom is 0.410 e. The Labute approximate surface area is 469 Å². The third-order valence-electron chi connectivity index (χ3n) is 13.1. The van der Waals surface area contributed by atoms with Crippen molar-refractivity contribution in [3.8, 4) is 57.7 Å². The maximum atomic E-state index is 12.9. The largest absolute Gasteiger partial charge is 0.444 e. The Bertz CT molecular complexity index is 3660. The van der Waals surface area contributed by atoms with E-state index in [1.54, 1.807) is 86.4 Å². The fourth-order valence-corrected chi connectivity index (χ4v) is 8.54. The van der Waals surface area contributed by atoms with Gasteiger partial charge in [0.15, 0.2) is 28.8 Å². The van der Waals surface area contributed by atoms with Crippen molar-refractivity contribution in [2.75, 3.05) is 31.1 Å². The first-order valence-corrected chi connectivity index (χ1v) is 26.1. The van der Waals surface area contributed by atoms with E-state index in [4.69, 9.17) is 25.4 Å². The molecule has 0 fully saturated rings. The number of nitrogens with zero attached hydrogens (tertiary/aromatic N) is 12. The molecular weight excluding hydrogens is 1030 g/mol. The number of hydrogen-bond donors (Lipinski definition) is 3. The van der Waals surface area contributed by atoms with Gasteiger partial charge in [-0.2, -0.15) is 10.5 Å². The zero-order valence-corrected chi connectivity index (χ0v) is 46.9. The number of ketones is 1. The summed E-state index contributed by atoms with van der Waals surface area (Å²) in [5.41, 5.74) is 18.2. The molecule has 2 aliphatic heterocycles. The zero-order chi connectivity index (χ0) is 58.6. The van der Waals surface area contributed by atoms with Gasteiger partial charge in [-0.25, -0.2) is 29.5 Å². The molecule has 0 saturated heterocycles. The molecule has 0 spiro atoms. The number of nitrogens with two attached hydrogens (primary N) is 2. The number of nitrogen functional groups attached to an aromatic ring is 2. The summed E-state index contributed by atoms with van der Waals surface area (Å²) >= 11 is 0. The van der Waals surface area contributed by atoms with E-state index in [0.29, 0.717) is 78.8 Å². The van der Waals surface area contributed by atoms with Gasteiger partial charge in [0.2, 0.25) is 5.89 Å². The van der Waals surface area contributed by atoms with Gasteiger partial charge in [-0.05, 0) is 147 Å². The normalized spacial score (nSPS) is 13.3. The fraction of sp³-hybridized carbons (Fsp3) is 0.356. The van der Waals surface area contributed by atoms with Gasteiger partial charge >= 0.3 is 12.2 Å². The number of amides is 3. The monoisotopic (exact) mass is 1090 g/mol. The first-order valence-electron chi connectivity index (χ1n) is 26.1. The average molecular weight is 1090 g/mol. The summed E-state index contributed by atoms with van der Waals surface area (Å²) < 4.78 is 17.0. The average Bonchev–Trinajstić information content (AvgIpc) is 3.96. The Morgan fingerprint density at radius 3 is 1.67 bits per heavy atom. The van der Waals surface area contributed by atoms with E-state index < -0.39 is 27.9 Å². The molecular formula is C59H63N15O7. The molecule has 81 heavy (non-hydrogen) atoms. The zero-order valence-electron chi connectivity index (χ0n) is 46.9. The highest BCUT2D eigenvalue weighted by Gasteiger charge is 2.30. The van der Waals surface area contributed by atoms with Crippen molar-refractivity contribution in [1.29, 1.82) is 10.5 Å². The lowest BCUT2D eigenvalue weighted by molar-refractivity contribution is 0.0214. The van der Waals surface area contributed by atoms with Gasteiger partial charge in [-0.3, -0.25) is 19.6 Å². The topological polar surface area (TPSA) is 321 Å². The number of fused-ring (bicyclic) bond motifs is 2. The molecule has 0 bridgehead atoms. The summed E-state index contributed by atoms with van der Waals surface area (Å²) in [4.78, 5) is 80.2. The van der Waals surface area contributed by atoms with Crippen molar-refractivity contribution in [2.24, 2.45) is 0 Å². The van der Waals surface area contributed by atoms with Crippen molar-refractivity contribution in [1.82, 2.24) is 55.2 Å². The number of nitrogens with one attached hydrogen (secondary N) is 1. The predicted octanol–water partition coefficient (Wildman–Crippen LogP) is 8.76. The molecule has 0 atom stereocenters. The molecule has 3 amide bonds. The lowest BCUT2D eigenvalue weighted by atomic mass is 9.90. The second-order valence-electron chi connectivity index (χ2n) is 22.6. The van der Waals surface area contributed by atoms with E-state index in [9.17, 15) is 29.7 Å². The van der Waals surface area contributed by atoms with E-state index in [-0.39, 0.29) is 53.4 Å². The van der Waals surface area contributed by atoms with Crippen molar-refractivity contribution in [3.05, 3.63) is 130 Å². The van der Waals surface area contributed by atoms with Crippen molar-refractivity contribution >= 4 is 35.5 Å². The molecule has 9 rings (SSSR count). The Morgan fingerprint density at radius 2 is 1.12 bits per heavy atom. The van der Waals surface area contributed by atoms with Crippen LogP contribution in [0.5, 0.6) is 0 Å². The highest BCUT2D eigenvalue weighted by molar-refractivity contribution is 6.03. The molecule has 416 valence electrons. The molecule has 22 nitrogen and oxygen atoms in total. The van der Waals surface area contributed by atoms with Gasteiger partial charge in [0, 0.05) is 60.8 Å². The SMILES string of the molecule is CC(C)(C)OC(=O)N1CCc2cc(-c3nnc(-c4nc(-c5ccnc(C(C)(C)C#N)c5)cnc4N)o3)ccc2C1.CC(C)(C)OC(=O)N1CCc2cc(C(=O)CNC(=O)c3nc(-c4ccnc(C(C)(C)C#N)c4)cnc3N)ccc2C1. The van der Waals surface area contributed by atoms with Crippen molar-refractivity contribution in [3.63, 3.8) is 0 Å². The van der Waals surface area contributed by atoms with Gasteiger partial charge in [0.05, 0.1) is 64.7 Å². The Kier molecular flexibility index (Phi) is 16.3. The number of Topliss-reactive ketones (excluding diaryl/α,β-unsaturated/α-hetero) is 1. The molecule has 22 heteroatoms. The van der Waals surface area contributed by atoms with E-state index in [1.165, 1.54) is 6.20 Å². The van der Waals surface area contributed by atoms with Crippen LogP contribution in [-0.2, 0) is 46.2 Å². The van der Waals surface area contributed by atoms with Crippen LogP contribution >= 0.6 is 0 Å². The summed E-state index contributed by atoms with van der Waals surface area (Å²) in [7, 11) is 0. The summed E-state index contributed by atoms with van der Waals surface area (Å²) in [6, 6.07) is 22.6. The summed E-state index contributed by atoms with van der Waals surface area (Å²) in [5, 5.41) is 29.9. The van der Waals surface area contributed by atoms with Gasteiger partial charge in [0.1, 0.15) is 11.2 Å². The molecule has 7 aromatic rings. The van der Waals surface area contributed by atoms with E-state index >= 15 is 0 Å². The van der Waals surface area contributed by atoms with E-state index in [1.807, 2.05) is 71.9 Å². The number of ether oxygens (including phenoxy) is 2. The van der Waals surface area contributed by atoms with Gasteiger partial charge in [-0.1, -0.05) is 18.2 Å². The standard InChI is InChI=1S/C30H33N7O4.C29H30N8O3/c1-29(2,3)41-28(40)37-11-9-18-12-20(6-7-21(18)16-37)23(38)15-35-27(39)25-26(32)34-14-22(36-25)19-8-10-33-24(13-19)30(4,5)17-31;1-28(2,3)40-27(38)37-11-9-17-12-19(6-7-20(17)15-37)25-35-36-26(39-25)23-24(31)33-14-21(34-23)18-8-10-32-22(13-18)29(4,5)16-30/h6-8,10,12-14H,9,11,15-16H2,1-5H3,(H2,32,34)(H,35,39);6-8,10,12-14H,9,11,15H2,1-5H3,(H2,31,33). The highest BCUT2D eigenvalue weighted by atomic mass is 16.6. The van der Waals surface area contributed by atoms with Crippen LogP contribution in [-0.4, -0.2) is 105 Å². The number of benzene rings is 2. The summed E-state index contributed by atoms with van der Waals surface area (Å²) in [6.07, 6.45) is 6.77. The van der Waals surface area contributed by atoms with Crippen LogP contribution < -0.4 is 16.8 Å². The van der Waals surface area contributed by atoms with Crippen molar-refractivity contribution in [2.45, 2.75) is 117 Å². The molecule has 5 aromatic heterocycles. The second-order valence-corrected chi connectivity index (χ2v) is 22.6. The molecule has 0 unspecified atom stereocenters. The van der Waals surface area contributed by atoms with Crippen LogP contribution in [0.3, 0.4) is 0 Å².